The minimum Gasteiger partial charge on any atom is -0.326 e. The monoisotopic (exact) mass is 263 g/mol. The van der Waals surface area contributed by atoms with E-state index in [0.717, 1.165) is 45.2 Å². The Morgan fingerprint density at radius 1 is 1.26 bits per heavy atom. The Bertz CT molecular complexity index is 390. The second-order valence-corrected chi connectivity index (χ2v) is 6.07. The van der Waals surface area contributed by atoms with Crippen molar-refractivity contribution in [1.29, 1.82) is 0 Å². The molecular weight excluding hydrogens is 238 g/mol. The van der Waals surface area contributed by atoms with Crippen molar-refractivity contribution in [3.8, 4) is 11.8 Å². The lowest BCUT2D eigenvalue weighted by molar-refractivity contribution is -0.120. The lowest BCUT2D eigenvalue weighted by Crippen LogP contribution is -2.62. The number of ketones is 1. The second-order valence-electron chi connectivity index (χ2n) is 6.07. The molecule has 0 bridgehead atoms. The zero-order valence-electron chi connectivity index (χ0n) is 11.8. The summed E-state index contributed by atoms with van der Waals surface area (Å²) in [5.41, 5.74) is 11.3. The van der Waals surface area contributed by atoms with Crippen LogP contribution in [-0.2, 0) is 4.79 Å². The molecule has 19 heavy (non-hydrogen) atoms. The van der Waals surface area contributed by atoms with Crippen molar-refractivity contribution >= 4 is 5.78 Å². The highest BCUT2D eigenvalue weighted by Gasteiger charge is 2.40. The number of nitrogens with zero attached hydrogens (tertiary/aromatic N) is 1. The van der Waals surface area contributed by atoms with E-state index in [1.54, 1.807) is 0 Å². The summed E-state index contributed by atoms with van der Waals surface area (Å²) in [6, 6.07) is -0.236. The molecule has 2 atom stereocenters. The van der Waals surface area contributed by atoms with Gasteiger partial charge in [-0.05, 0) is 51.7 Å². The first-order valence-corrected chi connectivity index (χ1v) is 7.31. The van der Waals surface area contributed by atoms with Gasteiger partial charge in [0.25, 0.3) is 0 Å². The highest BCUT2D eigenvalue weighted by Crippen LogP contribution is 2.26. The molecule has 2 rings (SSSR count). The summed E-state index contributed by atoms with van der Waals surface area (Å²) in [6.07, 6.45) is 5.63. The van der Waals surface area contributed by atoms with Crippen molar-refractivity contribution in [2.75, 3.05) is 20.1 Å². The van der Waals surface area contributed by atoms with Crippen LogP contribution in [0.4, 0.5) is 0 Å². The Hall–Kier alpha value is -0.890. The number of hydrogen-bond acceptors (Lipinski definition) is 4. The maximum Gasteiger partial charge on any atom is 0.226 e. The number of Topliss-reactive ketones (excluding diaryl/α,β-unsaturated/α-hetero) is 1. The topological polar surface area (TPSA) is 72.3 Å². The first kappa shape index (κ1) is 14.5. The van der Waals surface area contributed by atoms with Gasteiger partial charge in [-0.25, -0.2) is 0 Å². The van der Waals surface area contributed by atoms with Crippen LogP contribution in [0.1, 0.15) is 38.5 Å². The summed E-state index contributed by atoms with van der Waals surface area (Å²) in [5.74, 6) is 6.10. The number of piperidine rings is 1. The van der Waals surface area contributed by atoms with E-state index in [-0.39, 0.29) is 11.8 Å². The number of hydrogen-bond donors (Lipinski definition) is 2. The van der Waals surface area contributed by atoms with Crippen molar-refractivity contribution < 1.29 is 4.79 Å². The third-order valence-corrected chi connectivity index (χ3v) is 4.55. The number of carbonyl (C=O) groups is 1. The van der Waals surface area contributed by atoms with Gasteiger partial charge in [-0.15, -0.1) is 0 Å². The molecule has 4 nitrogen and oxygen atoms in total. The van der Waals surface area contributed by atoms with E-state index in [2.05, 4.69) is 23.8 Å². The third-order valence-electron chi connectivity index (χ3n) is 4.55. The van der Waals surface area contributed by atoms with Crippen LogP contribution in [0.15, 0.2) is 0 Å². The first-order chi connectivity index (χ1) is 9.02. The maximum absolute atomic E-state index is 12.2. The normalized spacial score (nSPS) is 33.5. The number of likely N-dealkylation sites (tertiary alicyclic amines) is 1. The van der Waals surface area contributed by atoms with Gasteiger partial charge < -0.3 is 16.4 Å². The van der Waals surface area contributed by atoms with Gasteiger partial charge in [-0.2, -0.15) is 0 Å². The van der Waals surface area contributed by atoms with Crippen molar-refractivity contribution in [2.45, 2.75) is 50.1 Å². The van der Waals surface area contributed by atoms with Gasteiger partial charge in [0.1, 0.15) is 5.54 Å². The zero-order chi connectivity index (χ0) is 13.9. The molecule has 1 saturated carbocycles. The van der Waals surface area contributed by atoms with Gasteiger partial charge in [-0.1, -0.05) is 18.8 Å². The molecule has 0 radical (unpaired) electrons. The minimum atomic E-state index is -0.906. The maximum atomic E-state index is 12.2. The lowest BCUT2D eigenvalue weighted by atomic mass is 9.76. The van der Waals surface area contributed by atoms with E-state index in [0.29, 0.717) is 12.3 Å². The average Bonchev–Trinajstić information content (AvgIpc) is 2.41. The molecule has 0 aromatic rings. The summed E-state index contributed by atoms with van der Waals surface area (Å²) in [7, 11) is 2.12. The highest BCUT2D eigenvalue weighted by atomic mass is 16.1. The summed E-state index contributed by atoms with van der Waals surface area (Å²) >= 11 is 0. The van der Waals surface area contributed by atoms with Crippen LogP contribution in [-0.4, -0.2) is 42.4 Å². The lowest BCUT2D eigenvalue weighted by Gasteiger charge is -2.36. The van der Waals surface area contributed by atoms with Gasteiger partial charge in [0.05, 0.1) is 0 Å². The molecule has 1 aliphatic heterocycles. The van der Waals surface area contributed by atoms with Crippen LogP contribution in [0.2, 0.25) is 0 Å². The van der Waals surface area contributed by atoms with E-state index < -0.39 is 5.54 Å². The highest BCUT2D eigenvalue weighted by molar-refractivity contribution is 6.03. The minimum absolute atomic E-state index is 0.154. The van der Waals surface area contributed by atoms with Crippen LogP contribution < -0.4 is 11.5 Å². The molecular formula is C15H25N3O. The fraction of sp³-hybridized carbons (Fsp3) is 0.800. The predicted octanol–water partition coefficient (Wildman–Crippen LogP) is 0.500. The molecule has 2 fully saturated rings. The van der Waals surface area contributed by atoms with Crippen LogP contribution in [0.25, 0.3) is 0 Å². The Morgan fingerprint density at radius 2 is 1.95 bits per heavy atom. The molecule has 0 spiro atoms. The van der Waals surface area contributed by atoms with E-state index in [4.69, 9.17) is 11.5 Å². The molecule has 1 aliphatic carbocycles. The van der Waals surface area contributed by atoms with Crippen molar-refractivity contribution in [3.05, 3.63) is 0 Å². The van der Waals surface area contributed by atoms with Gasteiger partial charge in [0.2, 0.25) is 5.78 Å². The molecule has 4 heteroatoms. The molecule has 2 aliphatic rings. The Balaban J connectivity index is 1.97. The van der Waals surface area contributed by atoms with Crippen molar-refractivity contribution in [3.63, 3.8) is 0 Å². The molecule has 4 N–H and O–H groups in total. The third kappa shape index (κ3) is 3.36. The molecule has 106 valence electrons. The van der Waals surface area contributed by atoms with E-state index in [1.807, 2.05) is 0 Å². The van der Waals surface area contributed by atoms with E-state index in [9.17, 15) is 4.79 Å². The summed E-state index contributed by atoms with van der Waals surface area (Å²) in [5, 5.41) is 0. The molecule has 0 aromatic heterocycles. The largest absolute Gasteiger partial charge is 0.326 e. The summed E-state index contributed by atoms with van der Waals surface area (Å²) < 4.78 is 0. The first-order valence-electron chi connectivity index (χ1n) is 7.31. The van der Waals surface area contributed by atoms with Crippen molar-refractivity contribution in [1.82, 2.24) is 4.90 Å². The Labute approximate surface area is 115 Å². The average molecular weight is 263 g/mol. The summed E-state index contributed by atoms with van der Waals surface area (Å²) in [4.78, 5) is 14.5. The SMILES string of the molecule is CN1CCC(C#CC(=O)C2(N)CCCCC2N)CC1. The number of rotatable bonds is 1. The van der Waals surface area contributed by atoms with Gasteiger partial charge in [-0.3, -0.25) is 4.79 Å². The van der Waals surface area contributed by atoms with Crippen molar-refractivity contribution in [2.24, 2.45) is 17.4 Å². The van der Waals surface area contributed by atoms with E-state index >= 15 is 0 Å². The molecule has 0 aromatic carbocycles. The zero-order valence-corrected chi connectivity index (χ0v) is 11.8. The van der Waals surface area contributed by atoms with Gasteiger partial charge in [0, 0.05) is 12.0 Å². The smallest absolute Gasteiger partial charge is 0.226 e. The van der Waals surface area contributed by atoms with E-state index in [1.165, 1.54) is 0 Å². The molecule has 1 saturated heterocycles. The van der Waals surface area contributed by atoms with Crippen LogP contribution in [0.3, 0.4) is 0 Å². The molecule has 1 heterocycles. The number of carbonyl (C=O) groups excluding carboxylic acids is 1. The van der Waals surface area contributed by atoms with Crippen LogP contribution in [0.5, 0.6) is 0 Å². The van der Waals surface area contributed by atoms with Gasteiger partial charge >= 0.3 is 0 Å². The Morgan fingerprint density at radius 3 is 2.58 bits per heavy atom. The predicted molar refractivity (Wildman–Crippen MR) is 76.4 cm³/mol. The quantitative estimate of drug-likeness (QED) is 0.534. The fourth-order valence-corrected chi connectivity index (χ4v) is 2.94. The second kappa shape index (κ2) is 6.04. The molecule has 0 amide bonds. The summed E-state index contributed by atoms with van der Waals surface area (Å²) in [6.45, 7) is 2.11. The fourth-order valence-electron chi connectivity index (χ4n) is 2.94. The standard InChI is InChI=1S/C15H25N3O/c1-18-10-7-12(8-11-18)5-6-14(19)15(17)9-3-2-4-13(15)16/h12-13H,2-4,7-11,16-17H2,1H3. The molecule has 2 unspecified atom stereocenters. The van der Waals surface area contributed by atoms with Crippen LogP contribution >= 0.6 is 0 Å². The Kier molecular flexibility index (Phi) is 4.62. The van der Waals surface area contributed by atoms with Gasteiger partial charge in [0.15, 0.2) is 0 Å². The van der Waals surface area contributed by atoms with Crippen LogP contribution in [0, 0.1) is 17.8 Å². The number of nitrogens with two attached hydrogens (primary N) is 2.